The summed E-state index contributed by atoms with van der Waals surface area (Å²) >= 11 is 0. The summed E-state index contributed by atoms with van der Waals surface area (Å²) in [6, 6.07) is 22.3. The molecule has 0 aliphatic carbocycles. The summed E-state index contributed by atoms with van der Waals surface area (Å²) in [7, 11) is -2.85. The Kier molecular flexibility index (Phi) is 9.80. The number of hydrogen-bond donors (Lipinski definition) is 0. The van der Waals surface area contributed by atoms with E-state index in [4.69, 9.17) is 14.2 Å². The zero-order valence-corrected chi connectivity index (χ0v) is 21.4. The molecule has 3 aromatic carbocycles. The van der Waals surface area contributed by atoms with Crippen molar-refractivity contribution < 1.29 is 32.2 Å². The van der Waals surface area contributed by atoms with E-state index in [1.807, 2.05) is 42.5 Å². The molecule has 3 rings (SSSR count). The number of carbonyl (C=O) groups is 2. The van der Waals surface area contributed by atoms with E-state index in [1.165, 1.54) is 12.1 Å². The average Bonchev–Trinajstić information content (AvgIpc) is 2.90. The topological polar surface area (TPSA) is 96.0 Å². The van der Waals surface area contributed by atoms with Gasteiger partial charge >= 0.3 is 11.9 Å². The van der Waals surface area contributed by atoms with Gasteiger partial charge in [-0.25, -0.2) is 18.0 Å². The molecule has 0 radical (unpaired) electrons. The second-order valence-corrected chi connectivity index (χ2v) is 10.0. The van der Waals surface area contributed by atoms with E-state index in [1.54, 1.807) is 62.6 Å². The Balaban J connectivity index is 1.71. The third-order valence-corrected chi connectivity index (χ3v) is 7.20. The number of rotatable bonds is 11. The lowest BCUT2D eigenvalue weighted by molar-refractivity contribution is -0.152. The second kappa shape index (κ2) is 13.2. The van der Waals surface area contributed by atoms with Crippen molar-refractivity contribution >= 4 is 33.9 Å². The summed E-state index contributed by atoms with van der Waals surface area (Å²) in [4.78, 5) is 25.5. The molecule has 8 heteroatoms. The van der Waals surface area contributed by atoms with Gasteiger partial charge in [-0.2, -0.15) is 0 Å². The third-order valence-electron chi connectivity index (χ3n) is 5.27. The zero-order valence-electron chi connectivity index (χ0n) is 20.6. The van der Waals surface area contributed by atoms with Crippen LogP contribution < -0.4 is 4.74 Å². The summed E-state index contributed by atoms with van der Waals surface area (Å²) in [5, 5.41) is -2.16. The Morgan fingerprint density at radius 1 is 0.757 bits per heavy atom. The SMILES string of the molecule is COc1ccc(/C=C/COC(=O)C(C(=O)OC/C=C/c2ccccc2)S(=O)(=O)c2ccc(C)cc2)cc1. The molecule has 0 amide bonds. The molecule has 0 N–H and O–H groups in total. The van der Waals surface area contributed by atoms with E-state index in [2.05, 4.69) is 0 Å². The fraction of sp³-hybridized carbons (Fsp3) is 0.172. The van der Waals surface area contributed by atoms with Crippen molar-refractivity contribution in [2.75, 3.05) is 20.3 Å². The zero-order chi connectivity index (χ0) is 26.7. The van der Waals surface area contributed by atoms with Crippen molar-refractivity contribution in [2.45, 2.75) is 17.1 Å². The Labute approximate surface area is 216 Å². The number of esters is 2. The van der Waals surface area contributed by atoms with E-state index in [0.717, 1.165) is 16.7 Å². The quantitative estimate of drug-likeness (QED) is 0.268. The van der Waals surface area contributed by atoms with Gasteiger partial charge in [-0.05, 0) is 54.5 Å². The molecule has 0 aromatic heterocycles. The molecule has 0 bridgehead atoms. The number of methoxy groups -OCH3 is 1. The molecule has 37 heavy (non-hydrogen) atoms. The number of carbonyl (C=O) groups excluding carboxylic acids is 2. The highest BCUT2D eigenvalue weighted by molar-refractivity contribution is 7.93. The standard InChI is InChI=1S/C29H28O7S/c1-22-12-18-26(19-13-22)37(32,33)27(28(30)35-20-6-10-23-8-4-3-5-9-23)29(31)36-21-7-11-24-14-16-25(34-2)17-15-24/h3-19,27H,20-21H2,1-2H3/b10-6+,11-7+. The average molecular weight is 521 g/mol. The lowest BCUT2D eigenvalue weighted by Crippen LogP contribution is -2.40. The van der Waals surface area contributed by atoms with Crippen LogP contribution in [0.1, 0.15) is 16.7 Å². The van der Waals surface area contributed by atoms with Gasteiger partial charge in [0.2, 0.25) is 9.84 Å². The third kappa shape index (κ3) is 7.91. The Morgan fingerprint density at radius 2 is 1.27 bits per heavy atom. The first-order valence-corrected chi connectivity index (χ1v) is 13.0. The monoisotopic (exact) mass is 520 g/mol. The lowest BCUT2D eigenvalue weighted by Gasteiger charge is -2.15. The summed E-state index contributed by atoms with van der Waals surface area (Å²) in [6.45, 7) is 1.36. The fourth-order valence-corrected chi connectivity index (χ4v) is 4.70. The molecule has 0 spiro atoms. The minimum atomic E-state index is -4.41. The summed E-state index contributed by atoms with van der Waals surface area (Å²) in [6.07, 6.45) is 6.52. The van der Waals surface area contributed by atoms with Gasteiger partial charge in [0.15, 0.2) is 0 Å². The number of aryl methyl sites for hydroxylation is 1. The van der Waals surface area contributed by atoms with Gasteiger partial charge in [-0.15, -0.1) is 0 Å². The Bertz CT molecular complexity index is 1340. The number of sulfone groups is 1. The fourth-order valence-electron chi connectivity index (χ4n) is 3.27. The highest BCUT2D eigenvalue weighted by atomic mass is 32.2. The summed E-state index contributed by atoms with van der Waals surface area (Å²) in [5.74, 6) is -1.72. The summed E-state index contributed by atoms with van der Waals surface area (Å²) in [5.41, 5.74) is 2.53. The van der Waals surface area contributed by atoms with E-state index in [9.17, 15) is 18.0 Å². The van der Waals surface area contributed by atoms with E-state index in [-0.39, 0.29) is 18.1 Å². The molecular weight excluding hydrogens is 492 g/mol. The number of ether oxygens (including phenoxy) is 3. The van der Waals surface area contributed by atoms with Gasteiger partial charge < -0.3 is 14.2 Å². The maximum Gasteiger partial charge on any atom is 0.336 e. The van der Waals surface area contributed by atoms with Crippen molar-refractivity contribution in [1.29, 1.82) is 0 Å². The van der Waals surface area contributed by atoms with Crippen LogP contribution in [0.5, 0.6) is 5.75 Å². The van der Waals surface area contributed by atoms with Crippen LogP contribution in [0.25, 0.3) is 12.2 Å². The minimum absolute atomic E-state index is 0.175. The largest absolute Gasteiger partial charge is 0.497 e. The van der Waals surface area contributed by atoms with Crippen LogP contribution in [0.4, 0.5) is 0 Å². The normalized spacial score (nSPS) is 12.4. The highest BCUT2D eigenvalue weighted by Crippen LogP contribution is 2.20. The van der Waals surface area contributed by atoms with Crippen LogP contribution in [0.3, 0.4) is 0 Å². The maximum atomic E-state index is 13.2. The molecule has 1 unspecified atom stereocenters. The first kappa shape index (κ1) is 27.4. The van der Waals surface area contributed by atoms with Gasteiger partial charge in [0.1, 0.15) is 19.0 Å². The van der Waals surface area contributed by atoms with Gasteiger partial charge in [0, 0.05) is 0 Å². The first-order valence-electron chi connectivity index (χ1n) is 11.5. The molecular formula is C29H28O7S. The Morgan fingerprint density at radius 3 is 1.78 bits per heavy atom. The molecule has 7 nitrogen and oxygen atoms in total. The first-order chi connectivity index (χ1) is 17.8. The van der Waals surface area contributed by atoms with Crippen LogP contribution in [0.2, 0.25) is 0 Å². The molecule has 0 aliphatic rings. The molecule has 0 saturated heterocycles. The number of benzene rings is 3. The van der Waals surface area contributed by atoms with Crippen LogP contribution in [-0.2, 0) is 28.9 Å². The Hall–Kier alpha value is -4.17. The van der Waals surface area contributed by atoms with Crippen LogP contribution in [0, 0.1) is 6.92 Å². The van der Waals surface area contributed by atoms with E-state index in [0.29, 0.717) is 5.75 Å². The molecule has 1 atom stereocenters. The van der Waals surface area contributed by atoms with Crippen molar-refractivity contribution in [3.8, 4) is 5.75 Å². The van der Waals surface area contributed by atoms with Crippen LogP contribution >= 0.6 is 0 Å². The predicted molar refractivity (Wildman–Crippen MR) is 142 cm³/mol. The second-order valence-electron chi connectivity index (χ2n) is 7.99. The molecule has 0 aliphatic heterocycles. The molecule has 0 fully saturated rings. The summed E-state index contributed by atoms with van der Waals surface area (Å²) < 4.78 is 41.9. The number of hydrogen-bond acceptors (Lipinski definition) is 7. The van der Waals surface area contributed by atoms with Crippen molar-refractivity contribution in [3.05, 3.63) is 108 Å². The molecule has 0 saturated carbocycles. The van der Waals surface area contributed by atoms with E-state index < -0.39 is 27.0 Å². The van der Waals surface area contributed by atoms with Crippen molar-refractivity contribution in [1.82, 2.24) is 0 Å². The van der Waals surface area contributed by atoms with Gasteiger partial charge in [0.05, 0.1) is 12.0 Å². The lowest BCUT2D eigenvalue weighted by atomic mass is 10.2. The minimum Gasteiger partial charge on any atom is -0.497 e. The van der Waals surface area contributed by atoms with Crippen molar-refractivity contribution in [2.24, 2.45) is 0 Å². The van der Waals surface area contributed by atoms with Crippen molar-refractivity contribution in [3.63, 3.8) is 0 Å². The van der Waals surface area contributed by atoms with Gasteiger partial charge in [0.25, 0.3) is 5.25 Å². The molecule has 192 valence electrons. The highest BCUT2D eigenvalue weighted by Gasteiger charge is 2.43. The predicted octanol–water partition coefficient (Wildman–Crippen LogP) is 4.66. The molecule has 3 aromatic rings. The van der Waals surface area contributed by atoms with Gasteiger partial charge in [-0.1, -0.05) is 72.3 Å². The molecule has 0 heterocycles. The smallest absolute Gasteiger partial charge is 0.336 e. The van der Waals surface area contributed by atoms with Crippen LogP contribution in [0.15, 0.2) is 95.9 Å². The van der Waals surface area contributed by atoms with Crippen LogP contribution in [-0.4, -0.2) is 45.9 Å². The maximum absolute atomic E-state index is 13.2. The van der Waals surface area contributed by atoms with E-state index >= 15 is 0 Å². The van der Waals surface area contributed by atoms with Gasteiger partial charge in [-0.3, -0.25) is 0 Å².